The monoisotopic (exact) mass is 387 g/mol. The maximum Gasteiger partial charge on any atom is 0.311 e. The first-order valence-electron chi connectivity index (χ1n) is 8.27. The Kier molecular flexibility index (Phi) is 4.84. The van der Waals surface area contributed by atoms with E-state index < -0.39 is 27.6 Å². The topological polar surface area (TPSA) is 97.8 Å². The van der Waals surface area contributed by atoms with Gasteiger partial charge in [-0.25, -0.2) is 13.3 Å². The number of rotatable bonds is 5. The van der Waals surface area contributed by atoms with Crippen LogP contribution in [-0.2, 0) is 14.6 Å². The zero-order valence-corrected chi connectivity index (χ0v) is 15.6. The number of hydrogen-bond donors (Lipinski definition) is 0. The summed E-state index contributed by atoms with van der Waals surface area (Å²) in [5.41, 5.74) is 0.0870. The Morgan fingerprint density at radius 2 is 1.59 bits per heavy atom. The van der Waals surface area contributed by atoms with Crippen molar-refractivity contribution in [3.8, 4) is 5.75 Å². The number of sulfone groups is 1. The highest BCUT2D eigenvalue weighted by atomic mass is 32.2. The number of nitrogens with zero attached hydrogens (tertiary/aromatic N) is 1. The van der Waals surface area contributed by atoms with Crippen LogP contribution in [0.1, 0.15) is 40.5 Å². The number of ether oxygens (including phenoxy) is 1. The molecule has 7 nitrogen and oxygen atoms in total. The maximum atomic E-state index is 12.8. The third-order valence-corrected chi connectivity index (χ3v) is 5.19. The van der Waals surface area contributed by atoms with Crippen LogP contribution in [0.3, 0.4) is 0 Å². The Labute approximate surface area is 156 Å². The summed E-state index contributed by atoms with van der Waals surface area (Å²) in [4.78, 5) is 38.1. The lowest BCUT2D eigenvalue weighted by Crippen LogP contribution is -2.31. The molecule has 0 aliphatic carbocycles. The van der Waals surface area contributed by atoms with Crippen molar-refractivity contribution in [3.05, 3.63) is 53.6 Å². The maximum absolute atomic E-state index is 12.8. The normalized spacial score (nSPS) is 13.6. The highest BCUT2D eigenvalue weighted by Crippen LogP contribution is 2.40. The first-order valence-corrected chi connectivity index (χ1v) is 10.2. The van der Waals surface area contributed by atoms with E-state index in [9.17, 15) is 22.8 Å². The van der Waals surface area contributed by atoms with Gasteiger partial charge in [0, 0.05) is 12.7 Å². The summed E-state index contributed by atoms with van der Waals surface area (Å²) in [5, 5.41) is 0. The molecule has 2 aromatic rings. The van der Waals surface area contributed by atoms with Crippen LogP contribution < -0.4 is 9.64 Å². The fourth-order valence-electron chi connectivity index (χ4n) is 2.87. The Hall–Kier alpha value is -3.00. The largest absolute Gasteiger partial charge is 0.424 e. The number of amides is 2. The van der Waals surface area contributed by atoms with Gasteiger partial charge in [-0.05, 0) is 30.7 Å². The highest BCUT2D eigenvalue weighted by Gasteiger charge is 2.40. The number of hydrogen-bond acceptors (Lipinski definition) is 6. The first-order chi connectivity index (χ1) is 12.8. The second-order valence-electron chi connectivity index (χ2n) is 6.09. The highest BCUT2D eigenvalue weighted by molar-refractivity contribution is 7.90. The number of fused-ring (bicyclic) bond motifs is 1. The summed E-state index contributed by atoms with van der Waals surface area (Å²) in [7, 11) is -3.81. The van der Waals surface area contributed by atoms with Gasteiger partial charge in [0.05, 0.1) is 16.0 Å². The van der Waals surface area contributed by atoms with Gasteiger partial charge in [0.15, 0.2) is 15.6 Å². The van der Waals surface area contributed by atoms with Crippen LogP contribution in [0.15, 0.2) is 47.4 Å². The Bertz CT molecular complexity index is 1020. The minimum atomic E-state index is -3.81. The van der Waals surface area contributed by atoms with Crippen molar-refractivity contribution >= 4 is 33.3 Å². The molecule has 2 aromatic carbocycles. The van der Waals surface area contributed by atoms with Crippen molar-refractivity contribution < 1.29 is 27.5 Å². The van der Waals surface area contributed by atoms with Gasteiger partial charge in [-0.3, -0.25) is 14.4 Å². The number of benzene rings is 2. The van der Waals surface area contributed by atoms with Crippen LogP contribution in [0, 0.1) is 0 Å². The van der Waals surface area contributed by atoms with Gasteiger partial charge in [-0.15, -0.1) is 0 Å². The number of esters is 1. The fourth-order valence-corrected chi connectivity index (χ4v) is 3.74. The number of anilines is 1. The smallest absolute Gasteiger partial charge is 0.311 e. The number of imide groups is 1. The summed E-state index contributed by atoms with van der Waals surface area (Å²) in [6, 6.07) is 10.2. The van der Waals surface area contributed by atoms with Gasteiger partial charge in [0.1, 0.15) is 5.69 Å². The van der Waals surface area contributed by atoms with Crippen LogP contribution in [0.2, 0.25) is 0 Å². The molecule has 1 aliphatic rings. The average molecular weight is 387 g/mol. The quantitative estimate of drug-likeness (QED) is 0.444. The molecule has 1 heterocycles. The molecule has 0 saturated heterocycles. The molecule has 0 fully saturated rings. The zero-order chi connectivity index (χ0) is 19.8. The second kappa shape index (κ2) is 6.96. The van der Waals surface area contributed by atoms with Gasteiger partial charge in [-0.1, -0.05) is 25.1 Å². The van der Waals surface area contributed by atoms with Crippen LogP contribution in [0.25, 0.3) is 0 Å². The van der Waals surface area contributed by atoms with Gasteiger partial charge in [-0.2, -0.15) is 0 Å². The molecule has 27 heavy (non-hydrogen) atoms. The zero-order valence-electron chi connectivity index (χ0n) is 14.8. The molecule has 0 aromatic heterocycles. The van der Waals surface area contributed by atoms with Crippen molar-refractivity contribution in [2.45, 2.75) is 24.7 Å². The summed E-state index contributed by atoms with van der Waals surface area (Å²) in [6.45, 7) is 1.79. The Balaban J connectivity index is 2.21. The van der Waals surface area contributed by atoms with E-state index >= 15 is 0 Å². The lowest BCUT2D eigenvalue weighted by molar-refractivity contribution is -0.134. The molecule has 0 N–H and O–H groups in total. The molecule has 0 atom stereocenters. The molecule has 1 aliphatic heterocycles. The molecular formula is C19H17NO6S. The summed E-state index contributed by atoms with van der Waals surface area (Å²) < 4.78 is 29.8. The van der Waals surface area contributed by atoms with Crippen molar-refractivity contribution in [1.29, 1.82) is 0 Å². The van der Waals surface area contributed by atoms with Crippen LogP contribution in [0.5, 0.6) is 5.75 Å². The van der Waals surface area contributed by atoms with E-state index in [1.54, 1.807) is 19.1 Å². The third kappa shape index (κ3) is 3.35. The van der Waals surface area contributed by atoms with Crippen molar-refractivity contribution in [2.24, 2.45) is 0 Å². The predicted octanol–water partition coefficient (Wildman–Crippen LogP) is 2.60. The second-order valence-corrected chi connectivity index (χ2v) is 8.07. The van der Waals surface area contributed by atoms with Crippen LogP contribution in [0.4, 0.5) is 5.69 Å². The molecule has 0 saturated carbocycles. The summed E-state index contributed by atoms with van der Waals surface area (Å²) in [6.07, 6.45) is 1.61. The lowest BCUT2D eigenvalue weighted by atomic mass is 10.1. The van der Waals surface area contributed by atoms with Crippen molar-refractivity contribution in [2.75, 3.05) is 11.2 Å². The van der Waals surface area contributed by atoms with E-state index in [0.717, 1.165) is 11.2 Å². The molecule has 0 bridgehead atoms. The van der Waals surface area contributed by atoms with E-state index in [0.29, 0.717) is 6.42 Å². The number of carbonyl (C=O) groups excluding carboxylic acids is 3. The van der Waals surface area contributed by atoms with Crippen molar-refractivity contribution in [3.63, 3.8) is 0 Å². The van der Waals surface area contributed by atoms with E-state index in [1.807, 2.05) is 0 Å². The minimum Gasteiger partial charge on any atom is -0.424 e. The van der Waals surface area contributed by atoms with Crippen LogP contribution >= 0.6 is 0 Å². The molecule has 140 valence electrons. The predicted molar refractivity (Wildman–Crippen MR) is 97.7 cm³/mol. The SMILES string of the molecule is CCCC(=O)Oc1cccc(S(C)(=O)=O)c1N1C(=O)c2ccccc2C1=O. The minimum absolute atomic E-state index is 0.116. The third-order valence-electron chi connectivity index (χ3n) is 4.06. The first kappa shape index (κ1) is 18.8. The molecule has 0 radical (unpaired) electrons. The van der Waals surface area contributed by atoms with Gasteiger partial charge >= 0.3 is 5.97 Å². The fraction of sp³-hybridized carbons (Fsp3) is 0.211. The lowest BCUT2D eigenvalue weighted by Gasteiger charge is -2.20. The molecule has 2 amide bonds. The molecule has 0 spiro atoms. The van der Waals surface area contributed by atoms with E-state index in [2.05, 4.69) is 0 Å². The van der Waals surface area contributed by atoms with Gasteiger partial charge < -0.3 is 4.74 Å². The van der Waals surface area contributed by atoms with Crippen LogP contribution in [-0.4, -0.2) is 32.5 Å². The Morgan fingerprint density at radius 3 is 2.11 bits per heavy atom. The molecule has 8 heteroatoms. The van der Waals surface area contributed by atoms with E-state index in [-0.39, 0.29) is 33.9 Å². The summed E-state index contributed by atoms with van der Waals surface area (Å²) >= 11 is 0. The standard InChI is InChI=1S/C19H17NO6S/c1-3-7-16(21)26-14-10-6-11-15(27(2,24)25)17(14)20-18(22)12-8-4-5-9-13(12)19(20)23/h4-6,8-11H,3,7H2,1-2H3. The summed E-state index contributed by atoms with van der Waals surface area (Å²) in [5.74, 6) is -2.06. The number of carbonyl (C=O) groups is 3. The van der Waals surface area contributed by atoms with Crippen molar-refractivity contribution in [1.82, 2.24) is 0 Å². The number of para-hydroxylation sites is 1. The molecular weight excluding hydrogens is 370 g/mol. The van der Waals surface area contributed by atoms with E-state index in [4.69, 9.17) is 4.74 Å². The molecule has 0 unspecified atom stereocenters. The van der Waals surface area contributed by atoms with Gasteiger partial charge in [0.25, 0.3) is 11.8 Å². The van der Waals surface area contributed by atoms with E-state index in [1.165, 1.54) is 30.3 Å². The average Bonchev–Trinajstić information content (AvgIpc) is 2.86. The Morgan fingerprint density at radius 1 is 1.00 bits per heavy atom. The molecule has 3 rings (SSSR count). The van der Waals surface area contributed by atoms with Gasteiger partial charge in [0.2, 0.25) is 0 Å².